The number of anilines is 1. The van der Waals surface area contributed by atoms with Crippen LogP contribution in [0.2, 0.25) is 0 Å². The molecule has 0 aromatic heterocycles. The third-order valence-electron chi connectivity index (χ3n) is 3.78. The molecule has 0 fully saturated rings. The number of carboxylic acids is 1. The van der Waals surface area contributed by atoms with Crippen molar-refractivity contribution in [3.63, 3.8) is 0 Å². The van der Waals surface area contributed by atoms with E-state index in [0.717, 1.165) is 5.69 Å². The topological polar surface area (TPSA) is 86.7 Å². The van der Waals surface area contributed by atoms with Gasteiger partial charge in [-0.3, -0.25) is 14.9 Å². The molecule has 2 N–H and O–H groups in total. The molecule has 0 saturated carbocycles. The second kappa shape index (κ2) is 5.24. The van der Waals surface area contributed by atoms with E-state index in [4.69, 9.17) is 0 Å². The number of aromatic carboxylic acids is 1. The monoisotopic (exact) mass is 310 g/mol. The predicted octanol–water partition coefficient (Wildman–Crippen LogP) is 2.00. The molecule has 2 aromatic carbocycles. The van der Waals surface area contributed by atoms with Gasteiger partial charge in [-0.2, -0.15) is 0 Å². The number of nitrogens with one attached hydrogen (secondary N) is 1. The summed E-state index contributed by atoms with van der Waals surface area (Å²) in [5, 5.41) is 11.7. The highest BCUT2D eigenvalue weighted by Gasteiger charge is 2.28. The van der Waals surface area contributed by atoms with Crippen molar-refractivity contribution in [2.75, 3.05) is 19.0 Å². The van der Waals surface area contributed by atoms with Crippen LogP contribution < -0.4 is 10.2 Å². The van der Waals surface area contributed by atoms with Crippen LogP contribution in [0.25, 0.3) is 11.1 Å². The Balaban J connectivity index is 2.27. The molecule has 6 nitrogen and oxygen atoms in total. The quantitative estimate of drug-likeness (QED) is 0.847. The molecule has 1 aliphatic rings. The molecule has 0 saturated heterocycles. The molecule has 0 atom stereocenters. The minimum Gasteiger partial charge on any atom is -0.478 e. The van der Waals surface area contributed by atoms with Gasteiger partial charge in [-0.05, 0) is 29.8 Å². The summed E-state index contributed by atoms with van der Waals surface area (Å²) in [6.45, 7) is 0. The fourth-order valence-corrected chi connectivity index (χ4v) is 2.72. The molecule has 0 unspecified atom stereocenters. The summed E-state index contributed by atoms with van der Waals surface area (Å²) < 4.78 is 0. The van der Waals surface area contributed by atoms with Gasteiger partial charge in [0.2, 0.25) is 0 Å². The molecule has 1 aliphatic heterocycles. The molecule has 1 heterocycles. The van der Waals surface area contributed by atoms with Gasteiger partial charge < -0.3 is 10.0 Å². The Bertz CT molecular complexity index is 856. The maximum atomic E-state index is 11.8. The van der Waals surface area contributed by atoms with Gasteiger partial charge in [0.15, 0.2) is 0 Å². The Morgan fingerprint density at radius 1 is 1.04 bits per heavy atom. The largest absolute Gasteiger partial charge is 0.478 e. The van der Waals surface area contributed by atoms with Crippen molar-refractivity contribution < 1.29 is 19.5 Å². The van der Waals surface area contributed by atoms with E-state index in [2.05, 4.69) is 5.32 Å². The van der Waals surface area contributed by atoms with E-state index in [-0.39, 0.29) is 11.1 Å². The summed E-state index contributed by atoms with van der Waals surface area (Å²) in [4.78, 5) is 36.9. The number of hydrogen-bond acceptors (Lipinski definition) is 4. The van der Waals surface area contributed by atoms with E-state index in [0.29, 0.717) is 16.7 Å². The van der Waals surface area contributed by atoms with Gasteiger partial charge in [0.05, 0.1) is 16.7 Å². The van der Waals surface area contributed by atoms with Gasteiger partial charge in [-0.25, -0.2) is 4.79 Å². The van der Waals surface area contributed by atoms with Crippen LogP contribution >= 0.6 is 0 Å². The third kappa shape index (κ3) is 2.34. The van der Waals surface area contributed by atoms with Crippen molar-refractivity contribution in [2.24, 2.45) is 0 Å². The van der Waals surface area contributed by atoms with Crippen molar-refractivity contribution in [1.29, 1.82) is 0 Å². The molecule has 0 spiro atoms. The van der Waals surface area contributed by atoms with Crippen LogP contribution in [0, 0.1) is 0 Å². The van der Waals surface area contributed by atoms with Crippen LogP contribution in [0.3, 0.4) is 0 Å². The number of fused-ring (bicyclic) bond motifs is 1. The van der Waals surface area contributed by atoms with Crippen LogP contribution in [0.1, 0.15) is 31.1 Å². The zero-order valence-electron chi connectivity index (χ0n) is 12.6. The maximum absolute atomic E-state index is 11.8. The van der Waals surface area contributed by atoms with E-state index < -0.39 is 17.8 Å². The zero-order chi connectivity index (χ0) is 16.7. The minimum absolute atomic E-state index is 0.140. The number of nitrogens with zero attached hydrogens (tertiary/aromatic N) is 1. The zero-order valence-corrected chi connectivity index (χ0v) is 12.6. The van der Waals surface area contributed by atoms with Gasteiger partial charge in [0.1, 0.15) is 0 Å². The van der Waals surface area contributed by atoms with Gasteiger partial charge in [-0.15, -0.1) is 0 Å². The number of amides is 2. The lowest BCUT2D eigenvalue weighted by molar-refractivity contribution is 0.0697. The lowest BCUT2D eigenvalue weighted by atomic mass is 9.94. The van der Waals surface area contributed by atoms with Gasteiger partial charge in [0, 0.05) is 25.3 Å². The Morgan fingerprint density at radius 2 is 1.74 bits per heavy atom. The first kappa shape index (κ1) is 14.8. The molecular weight excluding hydrogens is 296 g/mol. The first-order valence-electron chi connectivity index (χ1n) is 6.94. The molecule has 23 heavy (non-hydrogen) atoms. The van der Waals surface area contributed by atoms with Gasteiger partial charge in [0.25, 0.3) is 11.8 Å². The lowest BCUT2D eigenvalue weighted by Crippen LogP contribution is -2.19. The van der Waals surface area contributed by atoms with Crippen LogP contribution in [0.4, 0.5) is 5.69 Å². The number of carbonyl (C=O) groups is 3. The van der Waals surface area contributed by atoms with Crippen LogP contribution in [-0.2, 0) is 0 Å². The highest BCUT2D eigenvalue weighted by Crippen LogP contribution is 2.35. The van der Waals surface area contributed by atoms with Gasteiger partial charge >= 0.3 is 5.97 Å². The van der Waals surface area contributed by atoms with E-state index in [1.165, 1.54) is 6.07 Å². The molecule has 116 valence electrons. The van der Waals surface area contributed by atoms with Crippen LogP contribution in [-0.4, -0.2) is 37.0 Å². The number of rotatable bonds is 3. The summed E-state index contributed by atoms with van der Waals surface area (Å²) >= 11 is 0. The van der Waals surface area contributed by atoms with Crippen molar-refractivity contribution in [3.05, 3.63) is 53.1 Å². The fourth-order valence-electron chi connectivity index (χ4n) is 2.72. The summed E-state index contributed by atoms with van der Waals surface area (Å²) in [6.07, 6.45) is 0. The van der Waals surface area contributed by atoms with Crippen molar-refractivity contribution in [1.82, 2.24) is 5.32 Å². The Hall–Kier alpha value is -3.15. The van der Waals surface area contributed by atoms with E-state index in [1.807, 2.05) is 14.1 Å². The fraction of sp³-hybridized carbons (Fsp3) is 0.118. The molecule has 0 radical (unpaired) electrons. The number of benzene rings is 2. The van der Waals surface area contributed by atoms with Gasteiger partial charge in [-0.1, -0.05) is 12.1 Å². The maximum Gasteiger partial charge on any atom is 0.336 e. The Morgan fingerprint density at radius 3 is 2.39 bits per heavy atom. The van der Waals surface area contributed by atoms with Crippen molar-refractivity contribution >= 4 is 23.5 Å². The molecule has 6 heteroatoms. The van der Waals surface area contributed by atoms with Crippen molar-refractivity contribution in [3.8, 4) is 11.1 Å². The summed E-state index contributed by atoms with van der Waals surface area (Å²) in [5.41, 5.74) is 2.51. The average molecular weight is 310 g/mol. The van der Waals surface area contributed by atoms with E-state index >= 15 is 0 Å². The van der Waals surface area contributed by atoms with E-state index in [9.17, 15) is 19.5 Å². The predicted molar refractivity (Wildman–Crippen MR) is 85.0 cm³/mol. The third-order valence-corrected chi connectivity index (χ3v) is 3.78. The normalized spacial score (nSPS) is 12.8. The molecule has 0 bridgehead atoms. The lowest BCUT2D eigenvalue weighted by Gasteiger charge is -2.19. The molecule has 0 aliphatic carbocycles. The number of imide groups is 1. The molecular formula is C17H14N2O4. The summed E-state index contributed by atoms with van der Waals surface area (Å²) in [7, 11) is 3.63. The highest BCUT2D eigenvalue weighted by atomic mass is 16.4. The summed E-state index contributed by atoms with van der Waals surface area (Å²) in [6, 6.07) is 9.76. The number of hydrogen-bond donors (Lipinski definition) is 2. The number of carbonyl (C=O) groups excluding carboxylic acids is 2. The highest BCUT2D eigenvalue weighted by molar-refractivity contribution is 6.22. The first-order chi connectivity index (χ1) is 10.9. The SMILES string of the molecule is CN(C)c1cccc(C(=O)O)c1-c1ccc2c(c1)C(=O)NC2=O. The first-order valence-corrected chi connectivity index (χ1v) is 6.94. The average Bonchev–Trinajstić information content (AvgIpc) is 2.80. The second-order valence-corrected chi connectivity index (χ2v) is 5.44. The molecule has 2 aromatic rings. The Kier molecular flexibility index (Phi) is 3.37. The van der Waals surface area contributed by atoms with E-state index in [1.54, 1.807) is 35.2 Å². The molecule has 2 amide bonds. The number of carboxylic acid groups (broad SMARTS) is 1. The smallest absolute Gasteiger partial charge is 0.336 e. The standard InChI is InChI=1S/C17H14N2O4/c1-19(2)13-5-3-4-11(17(22)23)14(13)9-6-7-10-12(8-9)16(21)18-15(10)20/h3-8H,1-2H3,(H,22,23)(H,18,20,21). The van der Waals surface area contributed by atoms with Crippen LogP contribution in [0.15, 0.2) is 36.4 Å². The second-order valence-electron chi connectivity index (χ2n) is 5.44. The Labute approximate surface area is 132 Å². The van der Waals surface area contributed by atoms with Crippen molar-refractivity contribution in [2.45, 2.75) is 0 Å². The summed E-state index contributed by atoms with van der Waals surface area (Å²) in [5.74, 6) is -1.95. The molecule has 3 rings (SSSR count). The van der Waals surface area contributed by atoms with Crippen LogP contribution in [0.5, 0.6) is 0 Å². The minimum atomic E-state index is -1.05.